The maximum atomic E-state index is 6.08. The summed E-state index contributed by atoms with van der Waals surface area (Å²) in [6.07, 6.45) is 1.71. The topological polar surface area (TPSA) is 78.9 Å². The molecule has 1 aromatic carbocycles. The predicted octanol–water partition coefficient (Wildman–Crippen LogP) is 2.14. The smallest absolute Gasteiger partial charge is 0.212 e. The Kier molecular flexibility index (Phi) is 5.30. The Labute approximate surface area is 132 Å². The quantitative estimate of drug-likeness (QED) is 0.860. The van der Waals surface area contributed by atoms with E-state index in [-0.39, 0.29) is 6.04 Å². The molecule has 2 aromatic rings. The van der Waals surface area contributed by atoms with Crippen LogP contribution in [0.1, 0.15) is 30.3 Å². The van der Waals surface area contributed by atoms with Crippen molar-refractivity contribution >= 4 is 15.9 Å². The van der Waals surface area contributed by atoms with E-state index in [2.05, 4.69) is 44.3 Å². The third kappa shape index (κ3) is 4.25. The molecule has 0 saturated heterocycles. The molecule has 0 bridgehead atoms. The number of halogens is 1. The van der Waals surface area contributed by atoms with Gasteiger partial charge in [-0.3, -0.25) is 0 Å². The van der Waals surface area contributed by atoms with Crippen LogP contribution in [-0.2, 0) is 20.1 Å². The summed E-state index contributed by atoms with van der Waals surface area (Å²) in [5.74, 6) is 1.42. The number of aryl methyl sites for hydroxylation is 2. The molecule has 0 spiro atoms. The fourth-order valence-corrected chi connectivity index (χ4v) is 2.72. The zero-order valence-electron chi connectivity index (χ0n) is 12.5. The standard InChI is InChI=1S/C14H20BrN5O/c1-4-12(16)7-10-6-11(15)5-9(2)14(10)21-8-13-17-19-20(3)18-13/h5-6,12H,4,7-8,16H2,1-3H3. The molecule has 21 heavy (non-hydrogen) atoms. The van der Waals surface area contributed by atoms with Crippen LogP contribution in [-0.4, -0.2) is 26.2 Å². The molecule has 0 aliphatic rings. The van der Waals surface area contributed by atoms with E-state index in [4.69, 9.17) is 10.5 Å². The van der Waals surface area contributed by atoms with Crippen molar-refractivity contribution in [1.82, 2.24) is 20.2 Å². The lowest BCUT2D eigenvalue weighted by Gasteiger charge is -2.16. The van der Waals surface area contributed by atoms with Gasteiger partial charge in [-0.2, -0.15) is 4.80 Å². The van der Waals surface area contributed by atoms with Gasteiger partial charge < -0.3 is 10.5 Å². The Bertz CT molecular complexity index is 613. The lowest BCUT2D eigenvalue weighted by molar-refractivity contribution is 0.289. The summed E-state index contributed by atoms with van der Waals surface area (Å²) in [6, 6.07) is 4.21. The van der Waals surface area contributed by atoms with Crippen LogP contribution in [0.15, 0.2) is 16.6 Å². The largest absolute Gasteiger partial charge is 0.485 e. The monoisotopic (exact) mass is 353 g/mol. The minimum Gasteiger partial charge on any atom is -0.485 e. The number of nitrogens with two attached hydrogens (primary N) is 1. The van der Waals surface area contributed by atoms with Crippen molar-refractivity contribution < 1.29 is 4.74 Å². The maximum absolute atomic E-state index is 6.08. The lowest BCUT2D eigenvalue weighted by atomic mass is 10.0. The molecule has 6 nitrogen and oxygen atoms in total. The summed E-state index contributed by atoms with van der Waals surface area (Å²) < 4.78 is 6.94. The first-order valence-electron chi connectivity index (χ1n) is 6.89. The molecular formula is C14H20BrN5O. The van der Waals surface area contributed by atoms with Gasteiger partial charge >= 0.3 is 0 Å². The Hall–Kier alpha value is -1.47. The SMILES string of the molecule is CCC(N)Cc1cc(Br)cc(C)c1OCc1nnn(C)n1. The van der Waals surface area contributed by atoms with E-state index in [1.807, 2.05) is 13.0 Å². The highest BCUT2D eigenvalue weighted by Gasteiger charge is 2.13. The number of hydrogen-bond acceptors (Lipinski definition) is 5. The summed E-state index contributed by atoms with van der Waals surface area (Å²) in [4.78, 5) is 1.42. The first-order chi connectivity index (χ1) is 9.99. The zero-order chi connectivity index (χ0) is 15.4. The second kappa shape index (κ2) is 7.00. The van der Waals surface area contributed by atoms with Crippen molar-refractivity contribution in [2.45, 2.75) is 39.3 Å². The van der Waals surface area contributed by atoms with E-state index in [9.17, 15) is 0 Å². The number of tetrazole rings is 1. The summed E-state index contributed by atoms with van der Waals surface area (Å²) in [7, 11) is 1.73. The number of rotatable bonds is 6. The van der Waals surface area contributed by atoms with Crippen LogP contribution in [0.3, 0.4) is 0 Å². The Morgan fingerprint density at radius 1 is 1.43 bits per heavy atom. The normalized spacial score (nSPS) is 12.4. The van der Waals surface area contributed by atoms with E-state index in [0.717, 1.165) is 34.2 Å². The highest BCUT2D eigenvalue weighted by molar-refractivity contribution is 9.10. The molecule has 0 amide bonds. The Morgan fingerprint density at radius 3 is 2.81 bits per heavy atom. The second-order valence-corrected chi connectivity index (χ2v) is 5.98. The molecule has 1 atom stereocenters. The average Bonchev–Trinajstić information content (AvgIpc) is 2.83. The molecule has 0 aliphatic carbocycles. The molecule has 1 aromatic heterocycles. The van der Waals surface area contributed by atoms with E-state index < -0.39 is 0 Å². The van der Waals surface area contributed by atoms with Crippen molar-refractivity contribution in [3.63, 3.8) is 0 Å². The van der Waals surface area contributed by atoms with Gasteiger partial charge in [-0.25, -0.2) is 0 Å². The lowest BCUT2D eigenvalue weighted by Crippen LogP contribution is -2.22. The van der Waals surface area contributed by atoms with Crippen LogP contribution in [0.2, 0.25) is 0 Å². The molecule has 0 aliphatic heterocycles. The van der Waals surface area contributed by atoms with E-state index in [1.165, 1.54) is 4.80 Å². The van der Waals surface area contributed by atoms with Gasteiger partial charge in [0.15, 0.2) is 6.61 Å². The highest BCUT2D eigenvalue weighted by atomic mass is 79.9. The Balaban J connectivity index is 2.19. The first-order valence-corrected chi connectivity index (χ1v) is 7.69. The van der Waals surface area contributed by atoms with E-state index in [0.29, 0.717) is 12.4 Å². The Morgan fingerprint density at radius 2 is 2.19 bits per heavy atom. The van der Waals surface area contributed by atoms with Gasteiger partial charge in [-0.15, -0.1) is 10.2 Å². The van der Waals surface area contributed by atoms with Gasteiger partial charge in [0, 0.05) is 10.5 Å². The van der Waals surface area contributed by atoms with Crippen LogP contribution < -0.4 is 10.5 Å². The third-order valence-corrected chi connectivity index (χ3v) is 3.68. The first kappa shape index (κ1) is 15.9. The van der Waals surface area contributed by atoms with Crippen molar-refractivity contribution in [1.29, 1.82) is 0 Å². The van der Waals surface area contributed by atoms with Crippen molar-refractivity contribution in [2.75, 3.05) is 0 Å². The maximum Gasteiger partial charge on any atom is 0.212 e. The van der Waals surface area contributed by atoms with Crippen LogP contribution in [0.25, 0.3) is 0 Å². The van der Waals surface area contributed by atoms with Gasteiger partial charge in [0.25, 0.3) is 0 Å². The van der Waals surface area contributed by atoms with Crippen LogP contribution >= 0.6 is 15.9 Å². The van der Waals surface area contributed by atoms with Gasteiger partial charge in [0.05, 0.1) is 7.05 Å². The minimum absolute atomic E-state index is 0.121. The predicted molar refractivity (Wildman–Crippen MR) is 84.0 cm³/mol. The summed E-state index contributed by atoms with van der Waals surface area (Å²) >= 11 is 3.52. The molecular weight excluding hydrogens is 334 g/mol. The van der Waals surface area contributed by atoms with Crippen molar-refractivity contribution in [2.24, 2.45) is 12.8 Å². The molecule has 0 saturated carbocycles. The van der Waals surface area contributed by atoms with E-state index in [1.54, 1.807) is 7.05 Å². The molecule has 1 unspecified atom stereocenters. The van der Waals surface area contributed by atoms with E-state index >= 15 is 0 Å². The molecule has 2 N–H and O–H groups in total. The molecule has 1 heterocycles. The third-order valence-electron chi connectivity index (χ3n) is 3.22. The van der Waals surface area contributed by atoms with Gasteiger partial charge in [-0.05, 0) is 48.2 Å². The zero-order valence-corrected chi connectivity index (χ0v) is 14.1. The average molecular weight is 354 g/mol. The fraction of sp³-hybridized carbons (Fsp3) is 0.500. The number of hydrogen-bond donors (Lipinski definition) is 1. The number of benzene rings is 1. The van der Waals surface area contributed by atoms with Crippen molar-refractivity contribution in [3.05, 3.63) is 33.6 Å². The molecule has 0 fully saturated rings. The fourth-order valence-electron chi connectivity index (χ4n) is 2.10. The summed E-state index contributed by atoms with van der Waals surface area (Å²) in [5, 5.41) is 11.8. The minimum atomic E-state index is 0.121. The number of nitrogens with zero attached hydrogens (tertiary/aromatic N) is 4. The summed E-state index contributed by atoms with van der Waals surface area (Å²) in [6.45, 7) is 4.40. The molecule has 0 radical (unpaired) electrons. The molecule has 2 rings (SSSR count). The van der Waals surface area contributed by atoms with Crippen LogP contribution in [0, 0.1) is 6.92 Å². The highest BCUT2D eigenvalue weighted by Crippen LogP contribution is 2.29. The van der Waals surface area contributed by atoms with Crippen LogP contribution in [0.5, 0.6) is 5.75 Å². The van der Waals surface area contributed by atoms with Gasteiger partial charge in [-0.1, -0.05) is 22.9 Å². The van der Waals surface area contributed by atoms with Gasteiger partial charge in [0.2, 0.25) is 5.82 Å². The number of ether oxygens (including phenoxy) is 1. The summed E-state index contributed by atoms with van der Waals surface area (Å²) in [5.41, 5.74) is 8.23. The number of aromatic nitrogens is 4. The molecule has 7 heteroatoms. The van der Waals surface area contributed by atoms with Crippen LogP contribution in [0.4, 0.5) is 0 Å². The second-order valence-electron chi connectivity index (χ2n) is 5.07. The molecule has 114 valence electrons. The van der Waals surface area contributed by atoms with Crippen molar-refractivity contribution in [3.8, 4) is 5.75 Å². The van der Waals surface area contributed by atoms with Gasteiger partial charge in [0.1, 0.15) is 5.75 Å².